The summed E-state index contributed by atoms with van der Waals surface area (Å²) < 4.78 is 119. The topological polar surface area (TPSA) is 484 Å². The van der Waals surface area contributed by atoms with E-state index in [1.54, 1.807) is 48.5 Å². The fourth-order valence-corrected chi connectivity index (χ4v) is 11.6. The lowest BCUT2D eigenvalue weighted by molar-refractivity contribution is -0.242. The summed E-state index contributed by atoms with van der Waals surface area (Å²) in [7, 11) is -6.41. The van der Waals surface area contributed by atoms with Gasteiger partial charge >= 0.3 is 52.6 Å². The molecule has 0 bridgehead atoms. The number of carbonyl (C=O) groups excluding carboxylic acids is 4. The molecule has 0 amide bonds. The molecule has 0 spiro atoms. The molecule has 4 aromatic carbocycles. The van der Waals surface area contributed by atoms with Gasteiger partial charge in [-0.1, -0.05) is 76.6 Å². The second-order valence-corrected chi connectivity index (χ2v) is 27.2. The number of halogens is 4. The average Bonchev–Trinajstić information content (AvgIpc) is 1.47. The molecule has 4 aromatic rings. The zero-order valence-corrected chi connectivity index (χ0v) is 57.7. The predicted octanol–water partition coefficient (Wildman–Crippen LogP) is 0.0775. The van der Waals surface area contributed by atoms with E-state index >= 15 is 0 Å². The number of hydrogen-bond donors (Lipinski definition) is 13. The first kappa shape index (κ1) is 83.5. The first-order valence-electron chi connectivity index (χ1n) is 30.9. The number of alkyl halides is 3. The number of carbonyl (C=O) groups is 5. The zero-order chi connectivity index (χ0) is 75.6. The summed E-state index contributed by atoms with van der Waals surface area (Å²) in [6, 6.07) is 23.9. The molecule has 31 nitrogen and oxygen atoms in total. The van der Waals surface area contributed by atoms with Crippen molar-refractivity contribution in [1.29, 1.82) is 0 Å². The zero-order valence-electron chi connectivity index (χ0n) is 55.3. The molecule has 0 saturated carbocycles. The van der Waals surface area contributed by atoms with Crippen molar-refractivity contribution in [2.45, 2.75) is 194 Å². The van der Waals surface area contributed by atoms with Gasteiger partial charge in [0.15, 0.2) is 12.2 Å². The smallest absolute Gasteiger partial charge is 0.478 e. The molecule has 5 heterocycles. The molecular formula is C64H81BBrF3O31S. The predicted molar refractivity (Wildman–Crippen MR) is 341 cm³/mol. The molecule has 20 atom stereocenters. The molecule has 0 radical (unpaired) electrons. The Bertz CT molecular complexity index is 3520. The molecular weight excluding hydrogens is 1440 g/mol. The summed E-state index contributed by atoms with van der Waals surface area (Å²) in [5, 5.41) is 128. The van der Waals surface area contributed by atoms with E-state index in [9.17, 15) is 96.6 Å². The second kappa shape index (κ2) is 35.4. The molecule has 0 unspecified atom stereocenters. The number of ether oxygens (including phenoxy) is 8. The molecule has 5 fully saturated rings. The SMILES string of the molecule is CC(=O)OC[C@H]1O[C@H](c2ccc(B3OC(C)(C)C(C)(C)O3)cc2)[C@@H](O)[C@@H](O)[C@@H]1OC(C)=O.CC(=O)OC[C@H]1O[C@H](c2ccc(OS(=O)(=O)C(F)(F)F)cc2)[C@@H](O)[C@@H](O)[C@@H]1OC(C)=O.O=C(O)c1cccc([C@H]2O[C@H](CO)[C@@H](O)[C@H](O)[C@@H]2O)c1.OC[C@H]1O[C@H](c2cccc(Br)c2)[C@@H](O)[C@@H](O)[C@@H]1O. The number of benzene rings is 4. The molecule has 5 saturated heterocycles. The van der Waals surface area contributed by atoms with E-state index in [4.69, 9.17) is 62.5 Å². The maximum atomic E-state index is 12.4. The Morgan fingerprint density at radius 1 is 0.495 bits per heavy atom. The van der Waals surface area contributed by atoms with Gasteiger partial charge < -0.3 is 118 Å². The Morgan fingerprint density at radius 2 is 0.861 bits per heavy atom. The van der Waals surface area contributed by atoms with Crippen LogP contribution >= 0.6 is 15.9 Å². The second-order valence-electron chi connectivity index (χ2n) is 24.7. The largest absolute Gasteiger partial charge is 0.534 e. The van der Waals surface area contributed by atoms with E-state index in [0.717, 1.165) is 48.0 Å². The summed E-state index contributed by atoms with van der Waals surface area (Å²) >= 11 is 3.31. The third-order valence-corrected chi connectivity index (χ3v) is 18.3. The molecule has 101 heavy (non-hydrogen) atoms. The normalized spacial score (nSPS) is 31.3. The van der Waals surface area contributed by atoms with Crippen molar-refractivity contribution in [1.82, 2.24) is 0 Å². The van der Waals surface area contributed by atoms with Crippen LogP contribution in [0.15, 0.2) is 102 Å². The number of rotatable bonds is 16. The van der Waals surface area contributed by atoms with Crippen molar-refractivity contribution in [2.24, 2.45) is 0 Å². The molecule has 5 aliphatic heterocycles. The van der Waals surface area contributed by atoms with Gasteiger partial charge in [-0.3, -0.25) is 19.2 Å². The van der Waals surface area contributed by atoms with Crippen LogP contribution in [0.4, 0.5) is 13.2 Å². The highest BCUT2D eigenvalue weighted by Crippen LogP contribution is 2.40. The Morgan fingerprint density at radius 3 is 1.23 bits per heavy atom. The quantitative estimate of drug-likeness (QED) is 0.0232. The lowest BCUT2D eigenvalue weighted by atomic mass is 9.78. The van der Waals surface area contributed by atoms with Crippen LogP contribution in [0.3, 0.4) is 0 Å². The van der Waals surface area contributed by atoms with Crippen LogP contribution in [0.1, 0.15) is 112 Å². The van der Waals surface area contributed by atoms with Gasteiger partial charge in [-0.2, -0.15) is 21.6 Å². The standard InChI is InChI=1S/C22H31BO9.C17H19F3O10S.C13H16O7.C12H15BrO5/c1-12(24)28-11-16-20(29-13(2)25)18(27)17(26)19(30-16)14-7-9-15(10-8-14)23-31-21(3,4)22(5,6)32-23;1-8(21)27-7-12-16(28-9(2)22)14(24)13(23)15(29-12)10-3-5-11(6-4-10)30-31(25,26)17(18,19)20;14-5-8-9(15)10(16)11(17)12(20-8)6-2-1-3-7(4-6)13(18)19;13-7-3-1-2-6(4-7)12-11(17)10(16)9(15)8(5-14)18-12/h7-10,16-20,26-27H,11H2,1-6H3;3-6,12-16,23-24H,7H2,1-2H3;1-4,8-12,14-17H,5H2,(H,18,19);1-4,8-12,14-17H,5H2/t16-,17+,18-,19-,20-;12-,13+,14-,15-,16-;2*8-,9-,10+,11+,12-/m1111/s1. The number of carboxylic acid groups (broad SMARTS) is 1. The van der Waals surface area contributed by atoms with Crippen LogP contribution in [-0.2, 0) is 76.5 Å². The summed E-state index contributed by atoms with van der Waals surface area (Å²) in [6.07, 6.45) is -25.0. The van der Waals surface area contributed by atoms with Gasteiger partial charge in [-0.15, -0.1) is 0 Å². The van der Waals surface area contributed by atoms with Crippen LogP contribution in [0.25, 0.3) is 0 Å². The minimum absolute atomic E-state index is 0.0134. The lowest BCUT2D eigenvalue weighted by Crippen LogP contribution is -2.57. The average molecular weight is 1530 g/mol. The molecule has 0 aliphatic carbocycles. The van der Waals surface area contributed by atoms with E-state index in [2.05, 4.69) is 20.1 Å². The van der Waals surface area contributed by atoms with Gasteiger partial charge in [-0.05, 0) is 91.8 Å². The minimum Gasteiger partial charge on any atom is -0.478 e. The fraction of sp³-hybridized carbons (Fsp3) is 0.547. The van der Waals surface area contributed by atoms with E-state index in [1.165, 1.54) is 32.0 Å². The molecule has 9 rings (SSSR count). The van der Waals surface area contributed by atoms with E-state index in [-0.39, 0.29) is 17.7 Å². The van der Waals surface area contributed by atoms with Gasteiger partial charge in [0.05, 0.1) is 30.0 Å². The Kier molecular flexibility index (Phi) is 29.3. The maximum absolute atomic E-state index is 12.4. The molecule has 560 valence electrons. The molecule has 0 aromatic heterocycles. The number of aromatic carboxylic acids is 1. The Balaban J connectivity index is 0.000000218. The van der Waals surface area contributed by atoms with Gasteiger partial charge in [-0.25, -0.2) is 4.79 Å². The number of carboxylic acids is 1. The van der Waals surface area contributed by atoms with Crippen molar-refractivity contribution in [3.8, 4) is 5.75 Å². The van der Waals surface area contributed by atoms with Crippen molar-refractivity contribution in [2.75, 3.05) is 26.4 Å². The Labute approximate surface area is 585 Å². The number of aliphatic hydroxyl groups excluding tert-OH is 12. The highest BCUT2D eigenvalue weighted by atomic mass is 79.9. The first-order valence-corrected chi connectivity index (χ1v) is 33.1. The minimum atomic E-state index is -5.87. The van der Waals surface area contributed by atoms with Gasteiger partial charge in [0.2, 0.25) is 0 Å². The fourth-order valence-electron chi connectivity index (χ4n) is 10.8. The Hall–Kier alpha value is -6.41. The van der Waals surface area contributed by atoms with Crippen LogP contribution in [0.2, 0.25) is 0 Å². The summed E-state index contributed by atoms with van der Waals surface area (Å²) in [5.41, 5.74) is -4.02. The highest BCUT2D eigenvalue weighted by molar-refractivity contribution is 9.10. The molecule has 5 aliphatic rings. The number of esters is 4. The highest BCUT2D eigenvalue weighted by Gasteiger charge is 2.54. The first-order chi connectivity index (χ1) is 47.0. The lowest BCUT2D eigenvalue weighted by Gasteiger charge is -2.42. The van der Waals surface area contributed by atoms with Gasteiger partial charge in [0.1, 0.15) is 129 Å². The van der Waals surface area contributed by atoms with Crippen molar-refractivity contribution in [3.05, 3.63) is 129 Å². The van der Waals surface area contributed by atoms with Gasteiger partial charge in [0, 0.05) is 32.2 Å². The van der Waals surface area contributed by atoms with E-state index in [0.29, 0.717) is 16.7 Å². The van der Waals surface area contributed by atoms with Gasteiger partial charge in [0.25, 0.3) is 0 Å². The number of hydrogen-bond acceptors (Lipinski definition) is 30. The van der Waals surface area contributed by atoms with E-state index < -0.39 is 211 Å². The van der Waals surface area contributed by atoms with Crippen molar-refractivity contribution in [3.63, 3.8) is 0 Å². The summed E-state index contributed by atoms with van der Waals surface area (Å²) in [4.78, 5) is 56.0. The monoisotopic (exact) mass is 1520 g/mol. The maximum Gasteiger partial charge on any atom is 0.534 e. The van der Waals surface area contributed by atoms with Crippen LogP contribution in [0.5, 0.6) is 5.75 Å². The van der Waals surface area contributed by atoms with Crippen LogP contribution in [-0.4, -0.2) is 253 Å². The van der Waals surface area contributed by atoms with Crippen LogP contribution in [0, 0.1) is 0 Å². The van der Waals surface area contributed by atoms with Crippen molar-refractivity contribution < 1.29 is 163 Å². The molecule has 13 N–H and O–H groups in total. The summed E-state index contributed by atoms with van der Waals surface area (Å²) in [5.74, 6) is -4.45. The van der Waals surface area contributed by atoms with Crippen LogP contribution < -0.4 is 9.65 Å². The third-order valence-electron chi connectivity index (χ3n) is 16.8. The van der Waals surface area contributed by atoms with Crippen molar-refractivity contribution >= 4 is 68.5 Å². The third kappa shape index (κ3) is 21.2. The molecule has 37 heteroatoms. The summed E-state index contributed by atoms with van der Waals surface area (Å²) in [6.45, 7) is 10.9. The van der Waals surface area contributed by atoms with E-state index in [1.807, 2.05) is 33.8 Å². The number of aliphatic hydroxyl groups is 12.